The number of hydrogen-bond donors (Lipinski definition) is 1. The van der Waals surface area contributed by atoms with Gasteiger partial charge in [-0.1, -0.05) is 30.3 Å². The average molecular weight is 289 g/mol. The lowest BCUT2D eigenvalue weighted by molar-refractivity contribution is -0.192. The molecule has 1 N–H and O–H groups in total. The van der Waals surface area contributed by atoms with E-state index >= 15 is 0 Å². The van der Waals surface area contributed by atoms with Crippen molar-refractivity contribution in [3.05, 3.63) is 35.9 Å². The Morgan fingerprint density at radius 2 is 2.10 bits per heavy atom. The van der Waals surface area contributed by atoms with Gasteiger partial charge in [-0.25, -0.2) is 0 Å². The minimum absolute atomic E-state index is 0.0390. The Bertz CT molecular complexity index is 585. The molecule has 3 rings (SSSR count). The number of carbonyl (C=O) groups excluding carboxylic acids is 3. The first-order chi connectivity index (χ1) is 10.1. The largest absolute Gasteiger partial charge is 0.461 e. The quantitative estimate of drug-likeness (QED) is 0.649. The van der Waals surface area contributed by atoms with E-state index in [-0.39, 0.29) is 31.9 Å². The molecule has 110 valence electrons. The van der Waals surface area contributed by atoms with E-state index in [1.165, 1.54) is 0 Å². The molecular weight excluding hydrogens is 274 g/mol. The fourth-order valence-corrected chi connectivity index (χ4v) is 2.59. The number of benzene rings is 1. The predicted octanol–water partition coefficient (Wildman–Crippen LogP) is 0.552. The molecule has 2 aliphatic heterocycles. The molecule has 2 saturated heterocycles. The minimum Gasteiger partial charge on any atom is -0.461 e. The van der Waals surface area contributed by atoms with Crippen molar-refractivity contribution in [2.24, 2.45) is 5.92 Å². The Balaban J connectivity index is 1.61. The summed E-state index contributed by atoms with van der Waals surface area (Å²) in [7, 11) is 0. The Morgan fingerprint density at radius 3 is 2.71 bits per heavy atom. The van der Waals surface area contributed by atoms with E-state index in [9.17, 15) is 14.4 Å². The third-order valence-electron chi connectivity index (χ3n) is 3.80. The van der Waals surface area contributed by atoms with Crippen LogP contribution in [0.15, 0.2) is 30.3 Å². The van der Waals surface area contributed by atoms with Crippen molar-refractivity contribution < 1.29 is 23.9 Å². The normalized spacial score (nSPS) is 27.5. The maximum atomic E-state index is 12.1. The highest BCUT2D eigenvalue weighted by Crippen LogP contribution is 2.34. The maximum absolute atomic E-state index is 12.1. The maximum Gasteiger partial charge on any atom is 0.310 e. The van der Waals surface area contributed by atoms with Crippen LogP contribution in [0.4, 0.5) is 0 Å². The van der Waals surface area contributed by atoms with E-state index in [4.69, 9.17) is 9.47 Å². The molecule has 1 aromatic rings. The van der Waals surface area contributed by atoms with Crippen molar-refractivity contribution in [3.8, 4) is 0 Å². The first-order valence-electron chi connectivity index (χ1n) is 6.80. The topological polar surface area (TPSA) is 81.7 Å². The zero-order chi connectivity index (χ0) is 14.9. The SMILES string of the molecule is O=C1C[C@@H](C(=O)OCc2ccccc2)C[C@@]2(CNC2=O)O1. The van der Waals surface area contributed by atoms with Gasteiger partial charge < -0.3 is 14.8 Å². The molecule has 0 unspecified atom stereocenters. The highest BCUT2D eigenvalue weighted by atomic mass is 16.6. The van der Waals surface area contributed by atoms with Crippen LogP contribution in [-0.4, -0.2) is 30.0 Å². The Morgan fingerprint density at radius 1 is 1.33 bits per heavy atom. The molecule has 1 aromatic carbocycles. The second-order valence-electron chi connectivity index (χ2n) is 5.35. The second kappa shape index (κ2) is 5.20. The lowest BCUT2D eigenvalue weighted by Gasteiger charge is -2.44. The first kappa shape index (κ1) is 13.6. The smallest absolute Gasteiger partial charge is 0.310 e. The van der Waals surface area contributed by atoms with E-state index in [0.29, 0.717) is 0 Å². The molecule has 0 aliphatic carbocycles. The van der Waals surface area contributed by atoms with Crippen LogP contribution in [0.3, 0.4) is 0 Å². The van der Waals surface area contributed by atoms with E-state index in [0.717, 1.165) is 5.56 Å². The first-order valence-corrected chi connectivity index (χ1v) is 6.80. The molecule has 0 saturated carbocycles. The summed E-state index contributed by atoms with van der Waals surface area (Å²) in [4.78, 5) is 35.2. The highest BCUT2D eigenvalue weighted by molar-refractivity contribution is 5.96. The van der Waals surface area contributed by atoms with Gasteiger partial charge in [-0.15, -0.1) is 0 Å². The Labute approximate surface area is 121 Å². The number of β-lactam (4-membered cyclic amide) rings is 1. The molecule has 2 aliphatic rings. The number of carbonyl (C=O) groups is 3. The lowest BCUT2D eigenvalue weighted by atomic mass is 9.81. The molecule has 0 radical (unpaired) electrons. The van der Waals surface area contributed by atoms with Gasteiger partial charge in [-0.2, -0.15) is 0 Å². The molecule has 1 amide bonds. The summed E-state index contributed by atoms with van der Waals surface area (Å²) >= 11 is 0. The van der Waals surface area contributed by atoms with Gasteiger partial charge in [0.2, 0.25) is 5.60 Å². The number of nitrogens with one attached hydrogen (secondary N) is 1. The van der Waals surface area contributed by atoms with E-state index in [1.54, 1.807) is 0 Å². The van der Waals surface area contributed by atoms with Gasteiger partial charge >= 0.3 is 11.9 Å². The third kappa shape index (κ3) is 2.61. The zero-order valence-electron chi connectivity index (χ0n) is 11.3. The summed E-state index contributed by atoms with van der Waals surface area (Å²) in [5.41, 5.74) is -0.286. The molecule has 2 atom stereocenters. The molecule has 0 aromatic heterocycles. The molecule has 21 heavy (non-hydrogen) atoms. The average Bonchev–Trinajstić information content (AvgIpc) is 2.51. The van der Waals surface area contributed by atoms with Crippen molar-refractivity contribution >= 4 is 17.8 Å². The highest BCUT2D eigenvalue weighted by Gasteiger charge is 2.55. The minimum atomic E-state index is -1.16. The van der Waals surface area contributed by atoms with Crippen LogP contribution in [0.1, 0.15) is 18.4 Å². The molecule has 2 heterocycles. The van der Waals surface area contributed by atoms with Gasteiger partial charge in [-0.05, 0) is 5.56 Å². The molecule has 6 heteroatoms. The van der Waals surface area contributed by atoms with Crippen molar-refractivity contribution in [2.45, 2.75) is 25.0 Å². The number of hydrogen-bond acceptors (Lipinski definition) is 5. The van der Waals surface area contributed by atoms with Crippen molar-refractivity contribution in [3.63, 3.8) is 0 Å². The lowest BCUT2D eigenvalue weighted by Crippen LogP contribution is -2.69. The van der Waals surface area contributed by atoms with E-state index in [2.05, 4.69) is 5.32 Å². The summed E-state index contributed by atoms with van der Waals surface area (Å²) in [5.74, 6) is -1.95. The molecule has 0 bridgehead atoms. The van der Waals surface area contributed by atoms with Gasteiger partial charge in [0, 0.05) is 6.42 Å². The van der Waals surface area contributed by atoms with Gasteiger partial charge in [0.15, 0.2) is 0 Å². The summed E-state index contributed by atoms with van der Waals surface area (Å²) < 4.78 is 10.3. The fraction of sp³-hybridized carbons (Fsp3) is 0.400. The van der Waals surface area contributed by atoms with E-state index in [1.807, 2.05) is 30.3 Å². The predicted molar refractivity (Wildman–Crippen MR) is 70.8 cm³/mol. The van der Waals surface area contributed by atoms with Crippen LogP contribution in [0.5, 0.6) is 0 Å². The Hall–Kier alpha value is -2.37. The van der Waals surface area contributed by atoms with Crippen LogP contribution < -0.4 is 5.32 Å². The zero-order valence-corrected chi connectivity index (χ0v) is 11.3. The monoisotopic (exact) mass is 289 g/mol. The van der Waals surface area contributed by atoms with Crippen LogP contribution >= 0.6 is 0 Å². The van der Waals surface area contributed by atoms with Gasteiger partial charge in [-0.3, -0.25) is 14.4 Å². The summed E-state index contributed by atoms with van der Waals surface area (Å²) in [6.07, 6.45) is 0.154. The van der Waals surface area contributed by atoms with Crippen LogP contribution in [-0.2, 0) is 30.5 Å². The molecule has 1 spiro atoms. The van der Waals surface area contributed by atoms with Crippen molar-refractivity contribution in [2.75, 3.05) is 6.54 Å². The number of esters is 2. The Kier molecular flexibility index (Phi) is 3.37. The van der Waals surface area contributed by atoms with Crippen LogP contribution in [0.2, 0.25) is 0 Å². The van der Waals surface area contributed by atoms with Crippen LogP contribution in [0, 0.1) is 5.92 Å². The number of rotatable bonds is 3. The van der Waals surface area contributed by atoms with Crippen LogP contribution in [0.25, 0.3) is 0 Å². The number of amides is 1. The van der Waals surface area contributed by atoms with Gasteiger partial charge in [0.1, 0.15) is 6.61 Å². The standard InChI is InChI=1S/C15H15NO5/c17-12-6-11(7-15(21-12)9-16-14(15)19)13(18)20-8-10-4-2-1-3-5-10/h1-5,11H,6-9H2,(H,16,19)/t11-,15+/m1/s1. The molecule has 6 nitrogen and oxygen atoms in total. The van der Waals surface area contributed by atoms with Crippen molar-refractivity contribution in [1.82, 2.24) is 5.32 Å². The second-order valence-corrected chi connectivity index (χ2v) is 5.35. The fourth-order valence-electron chi connectivity index (χ4n) is 2.59. The molecular formula is C15H15NO5. The van der Waals surface area contributed by atoms with Gasteiger partial charge in [0.05, 0.1) is 18.9 Å². The third-order valence-corrected chi connectivity index (χ3v) is 3.80. The van der Waals surface area contributed by atoms with Crippen molar-refractivity contribution in [1.29, 1.82) is 0 Å². The summed E-state index contributed by atoms with van der Waals surface area (Å²) in [6.45, 7) is 0.421. The summed E-state index contributed by atoms with van der Waals surface area (Å²) in [5, 5.41) is 2.54. The number of ether oxygens (including phenoxy) is 2. The van der Waals surface area contributed by atoms with Gasteiger partial charge in [0.25, 0.3) is 5.91 Å². The summed E-state index contributed by atoms with van der Waals surface area (Å²) in [6, 6.07) is 9.29. The van der Waals surface area contributed by atoms with E-state index < -0.39 is 23.5 Å². The molecule has 2 fully saturated rings.